The van der Waals surface area contributed by atoms with Crippen molar-refractivity contribution in [2.24, 2.45) is 5.92 Å². The highest BCUT2D eigenvalue weighted by molar-refractivity contribution is 6.04. The van der Waals surface area contributed by atoms with Crippen LogP contribution < -0.4 is 0 Å². The van der Waals surface area contributed by atoms with Crippen LogP contribution in [0.25, 0.3) is 0 Å². The molecular formula is C12H19NO5. The molecule has 2 atom stereocenters. The van der Waals surface area contributed by atoms with Gasteiger partial charge in [-0.05, 0) is 27.7 Å². The first-order chi connectivity index (χ1) is 8.17. The van der Waals surface area contributed by atoms with Gasteiger partial charge in [0.25, 0.3) is 0 Å². The molecule has 18 heavy (non-hydrogen) atoms. The molecule has 1 fully saturated rings. The molecule has 1 amide bonds. The average molecular weight is 257 g/mol. The van der Waals surface area contributed by atoms with Crippen molar-refractivity contribution in [3.05, 3.63) is 0 Å². The molecular weight excluding hydrogens is 238 g/mol. The summed E-state index contributed by atoms with van der Waals surface area (Å²) in [6.07, 6.45) is -0.588. The van der Waals surface area contributed by atoms with Crippen LogP contribution in [0.2, 0.25) is 0 Å². The maximum Gasteiger partial charge on any atom is 0.410 e. The van der Waals surface area contributed by atoms with Crippen LogP contribution in [0.3, 0.4) is 0 Å². The lowest BCUT2D eigenvalue weighted by molar-refractivity contribution is -0.148. The number of ketones is 1. The molecule has 0 radical (unpaired) electrons. The maximum atomic E-state index is 11.9. The monoisotopic (exact) mass is 257 g/mol. The van der Waals surface area contributed by atoms with E-state index in [0.29, 0.717) is 0 Å². The maximum absolute atomic E-state index is 11.9. The minimum Gasteiger partial charge on any atom is -0.468 e. The van der Waals surface area contributed by atoms with Gasteiger partial charge in [-0.1, -0.05) is 0 Å². The highest BCUT2D eigenvalue weighted by atomic mass is 16.6. The van der Waals surface area contributed by atoms with E-state index in [1.165, 1.54) is 12.0 Å². The SMILES string of the molecule is COC(=O)C1C(=O)CN(C(=O)OC(C)(C)C)C1C. The first-order valence-corrected chi connectivity index (χ1v) is 5.77. The molecule has 1 heterocycles. The number of amides is 1. The number of esters is 1. The van der Waals surface area contributed by atoms with Gasteiger partial charge in [-0.3, -0.25) is 14.5 Å². The van der Waals surface area contributed by atoms with Crippen molar-refractivity contribution in [3.63, 3.8) is 0 Å². The standard InChI is InChI=1S/C12H19NO5/c1-7-9(10(15)17-5)8(14)6-13(7)11(16)18-12(2,3)4/h7,9H,6H2,1-5H3. The van der Waals surface area contributed by atoms with Gasteiger partial charge in [0.05, 0.1) is 19.7 Å². The largest absolute Gasteiger partial charge is 0.468 e. The predicted octanol–water partition coefficient (Wildman–Crippen LogP) is 0.984. The molecule has 102 valence electrons. The topological polar surface area (TPSA) is 72.9 Å². The average Bonchev–Trinajstić information content (AvgIpc) is 2.51. The number of carbonyl (C=O) groups excluding carboxylic acids is 3. The molecule has 0 aliphatic carbocycles. The van der Waals surface area contributed by atoms with Crippen molar-refractivity contribution >= 4 is 17.8 Å². The Labute approximate surface area is 106 Å². The summed E-state index contributed by atoms with van der Waals surface area (Å²) in [6.45, 7) is 6.74. The number of hydrogen-bond acceptors (Lipinski definition) is 5. The van der Waals surface area contributed by atoms with Gasteiger partial charge in [-0.2, -0.15) is 0 Å². The summed E-state index contributed by atoms with van der Waals surface area (Å²) in [6, 6.07) is -0.542. The molecule has 6 heteroatoms. The minimum absolute atomic E-state index is 0.115. The highest BCUT2D eigenvalue weighted by Gasteiger charge is 2.46. The van der Waals surface area contributed by atoms with Crippen molar-refractivity contribution < 1.29 is 23.9 Å². The third-order valence-electron chi connectivity index (χ3n) is 2.73. The Bertz CT molecular complexity index is 371. The minimum atomic E-state index is -0.914. The van der Waals surface area contributed by atoms with Crippen LogP contribution in [0.1, 0.15) is 27.7 Å². The summed E-state index contributed by atoms with van der Waals surface area (Å²) < 4.78 is 9.75. The number of Topliss-reactive ketones (excluding diaryl/α,β-unsaturated/α-hetero) is 1. The fourth-order valence-corrected chi connectivity index (χ4v) is 1.87. The van der Waals surface area contributed by atoms with E-state index in [-0.39, 0.29) is 12.3 Å². The highest BCUT2D eigenvalue weighted by Crippen LogP contribution is 2.24. The smallest absolute Gasteiger partial charge is 0.410 e. The number of methoxy groups -OCH3 is 1. The Hall–Kier alpha value is -1.59. The van der Waals surface area contributed by atoms with Crippen LogP contribution in [0.5, 0.6) is 0 Å². The summed E-state index contributed by atoms with van der Waals surface area (Å²) in [5.74, 6) is -1.85. The van der Waals surface area contributed by atoms with Crippen LogP contribution in [-0.2, 0) is 19.1 Å². The van der Waals surface area contributed by atoms with Gasteiger partial charge in [0.2, 0.25) is 0 Å². The van der Waals surface area contributed by atoms with Crippen molar-refractivity contribution in [3.8, 4) is 0 Å². The summed E-state index contributed by atoms with van der Waals surface area (Å²) in [7, 11) is 1.22. The quantitative estimate of drug-likeness (QED) is 0.517. The zero-order chi connectivity index (χ0) is 14.1. The van der Waals surface area contributed by atoms with Gasteiger partial charge in [-0.15, -0.1) is 0 Å². The first-order valence-electron chi connectivity index (χ1n) is 5.77. The second kappa shape index (κ2) is 4.96. The number of ether oxygens (including phenoxy) is 2. The van der Waals surface area contributed by atoms with E-state index >= 15 is 0 Å². The normalized spacial score (nSPS) is 24.1. The lowest BCUT2D eigenvalue weighted by Crippen LogP contribution is -2.41. The molecule has 0 saturated carbocycles. The summed E-state index contributed by atoms with van der Waals surface area (Å²) >= 11 is 0. The van der Waals surface area contributed by atoms with Crippen molar-refractivity contribution in [2.45, 2.75) is 39.3 Å². The predicted molar refractivity (Wildman–Crippen MR) is 62.9 cm³/mol. The van der Waals surface area contributed by atoms with Crippen LogP contribution >= 0.6 is 0 Å². The van der Waals surface area contributed by atoms with Crippen LogP contribution in [0, 0.1) is 5.92 Å². The number of carbonyl (C=O) groups is 3. The van der Waals surface area contributed by atoms with Gasteiger partial charge in [-0.25, -0.2) is 4.79 Å². The molecule has 1 aliphatic heterocycles. The molecule has 2 unspecified atom stereocenters. The lowest BCUT2D eigenvalue weighted by Gasteiger charge is -2.27. The van der Waals surface area contributed by atoms with Gasteiger partial charge >= 0.3 is 12.1 Å². The third-order valence-corrected chi connectivity index (χ3v) is 2.73. The fraction of sp³-hybridized carbons (Fsp3) is 0.750. The summed E-state index contributed by atoms with van der Waals surface area (Å²) in [4.78, 5) is 36.3. The molecule has 6 nitrogen and oxygen atoms in total. The Balaban J connectivity index is 2.80. The van der Waals surface area contributed by atoms with Crippen molar-refractivity contribution in [1.82, 2.24) is 4.90 Å². The molecule has 0 N–H and O–H groups in total. The Morgan fingerprint density at radius 2 is 1.89 bits per heavy atom. The second-order valence-corrected chi connectivity index (χ2v) is 5.32. The van der Waals surface area contributed by atoms with Gasteiger partial charge < -0.3 is 9.47 Å². The number of likely N-dealkylation sites (tertiary alicyclic amines) is 1. The molecule has 0 aromatic heterocycles. The van der Waals surface area contributed by atoms with E-state index in [4.69, 9.17) is 4.74 Å². The van der Waals surface area contributed by atoms with E-state index < -0.39 is 29.6 Å². The van der Waals surface area contributed by atoms with Crippen molar-refractivity contribution in [1.29, 1.82) is 0 Å². The van der Waals surface area contributed by atoms with Crippen LogP contribution in [-0.4, -0.2) is 48.0 Å². The van der Waals surface area contributed by atoms with Gasteiger partial charge in [0, 0.05) is 0 Å². The van der Waals surface area contributed by atoms with Crippen molar-refractivity contribution in [2.75, 3.05) is 13.7 Å². The lowest BCUT2D eigenvalue weighted by atomic mass is 10.0. The van der Waals surface area contributed by atoms with Crippen LogP contribution in [0.15, 0.2) is 0 Å². The van der Waals surface area contributed by atoms with E-state index in [9.17, 15) is 14.4 Å². The van der Waals surface area contributed by atoms with Gasteiger partial charge in [0.15, 0.2) is 5.78 Å². The number of hydrogen-bond donors (Lipinski definition) is 0. The van der Waals surface area contributed by atoms with E-state index in [1.807, 2.05) is 0 Å². The molecule has 0 bridgehead atoms. The van der Waals surface area contributed by atoms with Crippen LogP contribution in [0.4, 0.5) is 4.79 Å². The van der Waals surface area contributed by atoms with Gasteiger partial charge in [0.1, 0.15) is 11.5 Å². The molecule has 0 spiro atoms. The van der Waals surface area contributed by atoms with E-state index in [0.717, 1.165) is 0 Å². The zero-order valence-corrected chi connectivity index (χ0v) is 11.4. The first kappa shape index (κ1) is 14.5. The number of nitrogens with zero attached hydrogens (tertiary/aromatic N) is 1. The Morgan fingerprint density at radius 1 is 1.33 bits per heavy atom. The Morgan fingerprint density at radius 3 is 2.33 bits per heavy atom. The molecule has 1 rings (SSSR count). The fourth-order valence-electron chi connectivity index (χ4n) is 1.87. The summed E-state index contributed by atoms with van der Waals surface area (Å²) in [5.41, 5.74) is -0.636. The number of rotatable bonds is 1. The second-order valence-electron chi connectivity index (χ2n) is 5.32. The molecule has 1 aliphatic rings. The molecule has 1 saturated heterocycles. The molecule has 0 aromatic rings. The Kier molecular flexibility index (Phi) is 3.98. The molecule has 0 aromatic carbocycles. The van der Waals surface area contributed by atoms with E-state index in [2.05, 4.69) is 4.74 Å². The zero-order valence-electron chi connectivity index (χ0n) is 11.4. The third kappa shape index (κ3) is 3.00. The van der Waals surface area contributed by atoms with E-state index in [1.54, 1.807) is 27.7 Å². The summed E-state index contributed by atoms with van der Waals surface area (Å²) in [5, 5.41) is 0.